The van der Waals surface area contributed by atoms with E-state index in [1.54, 1.807) is 54.6 Å². The van der Waals surface area contributed by atoms with Crippen molar-refractivity contribution in [2.24, 2.45) is 0 Å². The Morgan fingerprint density at radius 3 is 2.16 bits per heavy atom. The van der Waals surface area contributed by atoms with E-state index in [4.69, 9.17) is 0 Å². The molecule has 2 aromatic carbocycles. The molecule has 0 aliphatic carbocycles. The standard InChI is InChI=1S/C18H15N3O4/c1-19-16(23)12-7-9-14(10-8-12)20-11-15(22)21(18(20)25)17(24)13-5-3-2-4-6-13/h2-10H,11H2,1H3,(H,19,23). The highest BCUT2D eigenvalue weighted by Gasteiger charge is 2.41. The van der Waals surface area contributed by atoms with Crippen molar-refractivity contribution in [1.82, 2.24) is 10.2 Å². The summed E-state index contributed by atoms with van der Waals surface area (Å²) < 4.78 is 0. The molecule has 1 aliphatic rings. The topological polar surface area (TPSA) is 86.8 Å². The molecule has 126 valence electrons. The molecular formula is C18H15N3O4. The summed E-state index contributed by atoms with van der Waals surface area (Å²) in [4.78, 5) is 50.6. The Balaban J connectivity index is 1.84. The largest absolute Gasteiger partial charge is 0.355 e. The van der Waals surface area contributed by atoms with E-state index in [0.29, 0.717) is 16.2 Å². The van der Waals surface area contributed by atoms with Gasteiger partial charge >= 0.3 is 6.03 Å². The number of nitrogens with zero attached hydrogens (tertiary/aromatic N) is 2. The Labute approximate surface area is 143 Å². The van der Waals surface area contributed by atoms with Gasteiger partial charge in [0.1, 0.15) is 6.54 Å². The average molecular weight is 337 g/mol. The number of rotatable bonds is 3. The van der Waals surface area contributed by atoms with Crippen LogP contribution in [0.3, 0.4) is 0 Å². The molecule has 0 unspecified atom stereocenters. The van der Waals surface area contributed by atoms with Gasteiger partial charge in [0, 0.05) is 23.9 Å². The lowest BCUT2D eigenvalue weighted by atomic mass is 10.2. The molecule has 1 saturated heterocycles. The molecule has 1 fully saturated rings. The van der Waals surface area contributed by atoms with Crippen molar-refractivity contribution in [2.45, 2.75) is 0 Å². The number of nitrogens with one attached hydrogen (secondary N) is 1. The van der Waals surface area contributed by atoms with Crippen LogP contribution < -0.4 is 10.2 Å². The van der Waals surface area contributed by atoms with Crippen LogP contribution in [0.1, 0.15) is 20.7 Å². The molecule has 0 spiro atoms. The van der Waals surface area contributed by atoms with Gasteiger partial charge in [-0.25, -0.2) is 4.79 Å². The maximum atomic E-state index is 12.5. The molecule has 1 heterocycles. The molecule has 7 nitrogen and oxygen atoms in total. The molecule has 5 amide bonds. The van der Waals surface area contributed by atoms with Crippen LogP contribution in [0.2, 0.25) is 0 Å². The van der Waals surface area contributed by atoms with E-state index >= 15 is 0 Å². The molecule has 1 aliphatic heterocycles. The van der Waals surface area contributed by atoms with Crippen molar-refractivity contribution in [1.29, 1.82) is 0 Å². The van der Waals surface area contributed by atoms with Gasteiger partial charge in [-0.1, -0.05) is 18.2 Å². The van der Waals surface area contributed by atoms with E-state index in [0.717, 1.165) is 0 Å². The minimum Gasteiger partial charge on any atom is -0.355 e. The van der Waals surface area contributed by atoms with Crippen molar-refractivity contribution in [3.63, 3.8) is 0 Å². The lowest BCUT2D eigenvalue weighted by Crippen LogP contribution is -2.38. The highest BCUT2D eigenvalue weighted by atomic mass is 16.2. The van der Waals surface area contributed by atoms with Gasteiger partial charge in [-0.2, -0.15) is 4.90 Å². The highest BCUT2D eigenvalue weighted by molar-refractivity contribution is 6.24. The maximum Gasteiger partial charge on any atom is 0.338 e. The zero-order chi connectivity index (χ0) is 18.0. The van der Waals surface area contributed by atoms with Gasteiger partial charge in [0.15, 0.2) is 0 Å². The number of amides is 5. The summed E-state index contributed by atoms with van der Waals surface area (Å²) in [7, 11) is 1.52. The van der Waals surface area contributed by atoms with E-state index < -0.39 is 17.8 Å². The van der Waals surface area contributed by atoms with Gasteiger partial charge < -0.3 is 5.32 Å². The molecule has 3 rings (SSSR count). The van der Waals surface area contributed by atoms with Crippen LogP contribution in [0.25, 0.3) is 0 Å². The molecule has 25 heavy (non-hydrogen) atoms. The minimum atomic E-state index is -0.702. The summed E-state index contributed by atoms with van der Waals surface area (Å²) in [6.45, 7) is -0.225. The molecule has 2 aromatic rings. The Morgan fingerprint density at radius 2 is 1.56 bits per heavy atom. The van der Waals surface area contributed by atoms with Crippen molar-refractivity contribution >= 4 is 29.4 Å². The van der Waals surface area contributed by atoms with E-state index in [1.165, 1.54) is 11.9 Å². The fourth-order valence-corrected chi connectivity index (χ4v) is 2.55. The summed E-state index contributed by atoms with van der Waals surface area (Å²) in [6, 6.07) is 13.7. The summed E-state index contributed by atoms with van der Waals surface area (Å²) in [5.74, 6) is -1.49. The third kappa shape index (κ3) is 2.99. The third-order valence-electron chi connectivity index (χ3n) is 3.86. The van der Waals surface area contributed by atoms with Crippen LogP contribution in [-0.4, -0.2) is 42.2 Å². The van der Waals surface area contributed by atoms with Gasteiger partial charge in [0.2, 0.25) is 0 Å². The summed E-state index contributed by atoms with van der Waals surface area (Å²) in [5, 5.41) is 2.50. The van der Waals surface area contributed by atoms with Crippen LogP contribution in [0.15, 0.2) is 54.6 Å². The normalized spacial score (nSPS) is 14.0. The zero-order valence-corrected chi connectivity index (χ0v) is 13.4. The number of carbonyl (C=O) groups excluding carboxylic acids is 4. The number of hydrogen-bond acceptors (Lipinski definition) is 4. The quantitative estimate of drug-likeness (QED) is 0.681. The Morgan fingerprint density at radius 1 is 0.920 bits per heavy atom. The number of carbonyl (C=O) groups is 4. The Kier molecular flexibility index (Phi) is 4.30. The molecule has 1 N–H and O–H groups in total. The molecule has 0 bridgehead atoms. The summed E-state index contributed by atoms with van der Waals surface area (Å²) in [6.07, 6.45) is 0. The van der Waals surface area contributed by atoms with Crippen molar-refractivity contribution in [3.05, 3.63) is 65.7 Å². The number of imide groups is 3. The lowest BCUT2D eigenvalue weighted by molar-refractivity contribution is -0.123. The molecule has 0 atom stereocenters. The van der Waals surface area contributed by atoms with Crippen LogP contribution in [0.4, 0.5) is 10.5 Å². The first-order valence-corrected chi connectivity index (χ1v) is 7.59. The van der Waals surface area contributed by atoms with Gasteiger partial charge in [0.05, 0.1) is 0 Å². The van der Waals surface area contributed by atoms with Crippen molar-refractivity contribution in [3.8, 4) is 0 Å². The first-order valence-electron chi connectivity index (χ1n) is 7.59. The van der Waals surface area contributed by atoms with Crippen LogP contribution >= 0.6 is 0 Å². The molecule has 7 heteroatoms. The van der Waals surface area contributed by atoms with Crippen LogP contribution in [0, 0.1) is 0 Å². The first-order chi connectivity index (χ1) is 12.0. The molecule has 0 saturated carbocycles. The van der Waals surface area contributed by atoms with E-state index in [1.807, 2.05) is 0 Å². The van der Waals surface area contributed by atoms with Gasteiger partial charge in [-0.3, -0.25) is 19.3 Å². The number of benzene rings is 2. The second kappa shape index (κ2) is 6.56. The highest BCUT2D eigenvalue weighted by Crippen LogP contribution is 2.23. The van der Waals surface area contributed by atoms with E-state index in [9.17, 15) is 19.2 Å². The Hall–Kier alpha value is -3.48. The minimum absolute atomic E-state index is 0.225. The zero-order valence-electron chi connectivity index (χ0n) is 13.4. The second-order valence-electron chi connectivity index (χ2n) is 5.40. The first kappa shape index (κ1) is 16.4. The molecular weight excluding hydrogens is 322 g/mol. The smallest absolute Gasteiger partial charge is 0.338 e. The average Bonchev–Trinajstić information content (AvgIpc) is 2.95. The summed E-state index contributed by atoms with van der Waals surface area (Å²) >= 11 is 0. The van der Waals surface area contributed by atoms with Gasteiger partial charge in [-0.15, -0.1) is 0 Å². The van der Waals surface area contributed by atoms with E-state index in [-0.39, 0.29) is 18.0 Å². The predicted molar refractivity (Wildman–Crippen MR) is 90.2 cm³/mol. The van der Waals surface area contributed by atoms with Gasteiger partial charge in [-0.05, 0) is 36.4 Å². The van der Waals surface area contributed by atoms with Gasteiger partial charge in [0.25, 0.3) is 17.7 Å². The second-order valence-corrected chi connectivity index (χ2v) is 5.40. The number of hydrogen-bond donors (Lipinski definition) is 1. The van der Waals surface area contributed by atoms with E-state index in [2.05, 4.69) is 5.32 Å². The fourth-order valence-electron chi connectivity index (χ4n) is 2.55. The van der Waals surface area contributed by atoms with Crippen LogP contribution in [0.5, 0.6) is 0 Å². The fraction of sp³-hybridized carbons (Fsp3) is 0.111. The molecule has 0 radical (unpaired) electrons. The van der Waals surface area contributed by atoms with Crippen molar-refractivity contribution in [2.75, 3.05) is 18.5 Å². The SMILES string of the molecule is CNC(=O)c1ccc(N2CC(=O)N(C(=O)c3ccccc3)C2=O)cc1. The van der Waals surface area contributed by atoms with Crippen molar-refractivity contribution < 1.29 is 19.2 Å². The number of anilines is 1. The molecule has 0 aromatic heterocycles. The third-order valence-corrected chi connectivity index (χ3v) is 3.86. The lowest BCUT2D eigenvalue weighted by Gasteiger charge is -2.16. The van der Waals surface area contributed by atoms with Crippen LogP contribution in [-0.2, 0) is 4.79 Å². The summed E-state index contributed by atoms with van der Waals surface area (Å²) in [5.41, 5.74) is 1.14. The monoisotopic (exact) mass is 337 g/mol. The number of urea groups is 1. The maximum absolute atomic E-state index is 12.5. The predicted octanol–water partition coefficient (Wildman–Crippen LogP) is 1.66. The Bertz CT molecular complexity index is 846.